The molecule has 114 valence electrons. The van der Waals surface area contributed by atoms with Gasteiger partial charge in [0, 0.05) is 13.1 Å². The molecule has 0 amide bonds. The van der Waals surface area contributed by atoms with Crippen molar-refractivity contribution in [1.29, 1.82) is 0 Å². The SMILES string of the molecule is COc1cccc(F)c1C(O)CCN(C)Cc1ccsc1. The molecule has 0 aliphatic rings. The minimum atomic E-state index is -0.869. The zero-order chi connectivity index (χ0) is 15.2. The van der Waals surface area contributed by atoms with Crippen LogP contribution in [0.4, 0.5) is 4.39 Å². The van der Waals surface area contributed by atoms with Gasteiger partial charge in [0.15, 0.2) is 0 Å². The molecule has 0 saturated carbocycles. The van der Waals surface area contributed by atoms with E-state index in [-0.39, 0.29) is 5.56 Å². The van der Waals surface area contributed by atoms with Crippen molar-refractivity contribution in [2.24, 2.45) is 0 Å². The maximum atomic E-state index is 13.9. The van der Waals surface area contributed by atoms with Gasteiger partial charge in [-0.3, -0.25) is 0 Å². The van der Waals surface area contributed by atoms with Crippen LogP contribution >= 0.6 is 11.3 Å². The molecule has 0 fully saturated rings. The lowest BCUT2D eigenvalue weighted by molar-refractivity contribution is 0.140. The molecule has 21 heavy (non-hydrogen) atoms. The summed E-state index contributed by atoms with van der Waals surface area (Å²) in [6.45, 7) is 1.50. The molecule has 2 rings (SSSR count). The molecular formula is C16H20FNO2S. The van der Waals surface area contributed by atoms with Gasteiger partial charge in [0.05, 0.1) is 18.8 Å². The van der Waals surface area contributed by atoms with Gasteiger partial charge < -0.3 is 14.7 Å². The Hall–Kier alpha value is -1.43. The van der Waals surface area contributed by atoms with Gasteiger partial charge in [0.1, 0.15) is 11.6 Å². The van der Waals surface area contributed by atoms with E-state index < -0.39 is 11.9 Å². The van der Waals surface area contributed by atoms with Crippen molar-refractivity contribution < 1.29 is 14.2 Å². The Balaban J connectivity index is 1.94. The Morgan fingerprint density at radius 3 is 2.86 bits per heavy atom. The summed E-state index contributed by atoms with van der Waals surface area (Å²) < 4.78 is 19.0. The standard InChI is InChI=1S/C16H20FNO2S/c1-18(10-12-7-9-21-11-12)8-6-14(19)16-13(17)4-3-5-15(16)20-2/h3-5,7,9,11,14,19H,6,8,10H2,1-2H3. The van der Waals surface area contributed by atoms with Crippen molar-refractivity contribution >= 4 is 11.3 Å². The average molecular weight is 309 g/mol. The summed E-state index contributed by atoms with van der Waals surface area (Å²) in [6.07, 6.45) is -0.413. The zero-order valence-corrected chi connectivity index (χ0v) is 13.1. The number of nitrogens with zero attached hydrogens (tertiary/aromatic N) is 1. The third-order valence-electron chi connectivity index (χ3n) is 3.38. The molecule has 1 atom stereocenters. The van der Waals surface area contributed by atoms with E-state index in [2.05, 4.69) is 16.3 Å². The Morgan fingerprint density at radius 1 is 1.38 bits per heavy atom. The van der Waals surface area contributed by atoms with Gasteiger partial charge in [0.25, 0.3) is 0 Å². The van der Waals surface area contributed by atoms with Crippen molar-refractivity contribution in [3.05, 3.63) is 52.0 Å². The number of ether oxygens (including phenoxy) is 1. The van der Waals surface area contributed by atoms with Crippen molar-refractivity contribution in [3.8, 4) is 5.75 Å². The molecule has 1 unspecified atom stereocenters. The fourth-order valence-corrected chi connectivity index (χ4v) is 2.94. The minimum absolute atomic E-state index is 0.240. The van der Waals surface area contributed by atoms with Gasteiger partial charge in [-0.25, -0.2) is 4.39 Å². The fraction of sp³-hybridized carbons (Fsp3) is 0.375. The Bertz CT molecular complexity index is 559. The van der Waals surface area contributed by atoms with Gasteiger partial charge in [-0.15, -0.1) is 0 Å². The number of aliphatic hydroxyl groups excluding tert-OH is 1. The molecule has 0 radical (unpaired) electrons. The first-order chi connectivity index (χ1) is 10.1. The van der Waals surface area contributed by atoms with Crippen LogP contribution in [0.3, 0.4) is 0 Å². The average Bonchev–Trinajstić information content (AvgIpc) is 2.97. The molecular weight excluding hydrogens is 289 g/mol. The Morgan fingerprint density at radius 2 is 2.19 bits per heavy atom. The summed E-state index contributed by atoms with van der Waals surface area (Å²) in [4.78, 5) is 2.11. The lowest BCUT2D eigenvalue weighted by Crippen LogP contribution is -2.21. The molecule has 1 aromatic carbocycles. The maximum absolute atomic E-state index is 13.9. The second-order valence-electron chi connectivity index (χ2n) is 5.03. The van der Waals surface area contributed by atoms with Crippen LogP contribution in [0.1, 0.15) is 23.7 Å². The van der Waals surface area contributed by atoms with Crippen LogP contribution in [-0.2, 0) is 6.54 Å². The molecule has 5 heteroatoms. The first-order valence-corrected chi connectivity index (χ1v) is 7.76. The number of thiophene rings is 1. The zero-order valence-electron chi connectivity index (χ0n) is 12.3. The van der Waals surface area contributed by atoms with E-state index in [1.54, 1.807) is 23.5 Å². The van der Waals surface area contributed by atoms with Crippen LogP contribution in [0.5, 0.6) is 5.75 Å². The molecule has 0 aliphatic heterocycles. The molecule has 3 nitrogen and oxygen atoms in total. The summed E-state index contributed by atoms with van der Waals surface area (Å²) in [7, 11) is 3.47. The molecule has 1 heterocycles. The first kappa shape index (κ1) is 15.9. The van der Waals surface area contributed by atoms with E-state index in [4.69, 9.17) is 4.74 Å². The van der Waals surface area contributed by atoms with Crippen LogP contribution < -0.4 is 4.74 Å². The monoisotopic (exact) mass is 309 g/mol. The van der Waals surface area contributed by atoms with Crippen molar-refractivity contribution in [1.82, 2.24) is 4.90 Å². The van der Waals surface area contributed by atoms with Crippen LogP contribution in [0, 0.1) is 5.82 Å². The summed E-state index contributed by atoms with van der Waals surface area (Å²) in [5.74, 6) is -0.0367. The molecule has 0 aliphatic carbocycles. The Labute approximate surface area is 128 Å². The molecule has 0 bridgehead atoms. The van der Waals surface area contributed by atoms with Crippen molar-refractivity contribution in [2.75, 3.05) is 20.7 Å². The highest BCUT2D eigenvalue weighted by atomic mass is 32.1. The fourth-order valence-electron chi connectivity index (χ4n) is 2.28. The molecule has 0 saturated heterocycles. The number of hydrogen-bond acceptors (Lipinski definition) is 4. The smallest absolute Gasteiger partial charge is 0.132 e. The first-order valence-electron chi connectivity index (χ1n) is 6.82. The van der Waals surface area contributed by atoms with Gasteiger partial charge in [-0.1, -0.05) is 6.07 Å². The summed E-state index contributed by atoms with van der Waals surface area (Å²) in [5.41, 5.74) is 1.49. The van der Waals surface area contributed by atoms with E-state index >= 15 is 0 Å². The van der Waals surface area contributed by atoms with Gasteiger partial charge in [-0.05, 0) is 48.0 Å². The minimum Gasteiger partial charge on any atom is -0.496 e. The number of hydrogen-bond donors (Lipinski definition) is 1. The van der Waals surface area contributed by atoms with Crippen LogP contribution in [0.2, 0.25) is 0 Å². The van der Waals surface area contributed by atoms with Crippen LogP contribution in [0.25, 0.3) is 0 Å². The van der Waals surface area contributed by atoms with Gasteiger partial charge in [0.2, 0.25) is 0 Å². The normalized spacial score (nSPS) is 12.6. The van der Waals surface area contributed by atoms with Gasteiger partial charge in [-0.2, -0.15) is 11.3 Å². The van der Waals surface area contributed by atoms with E-state index in [1.807, 2.05) is 12.4 Å². The lowest BCUT2D eigenvalue weighted by atomic mass is 10.0. The number of halogens is 1. The third-order valence-corrected chi connectivity index (χ3v) is 4.11. The number of rotatable bonds is 7. The predicted molar refractivity (Wildman–Crippen MR) is 83.2 cm³/mol. The number of benzene rings is 1. The summed E-state index contributed by atoms with van der Waals surface area (Å²) in [6, 6.07) is 6.66. The second-order valence-corrected chi connectivity index (χ2v) is 5.81. The highest BCUT2D eigenvalue weighted by Gasteiger charge is 2.18. The molecule has 1 aromatic heterocycles. The summed E-state index contributed by atoms with van der Waals surface area (Å²) >= 11 is 1.67. The van der Waals surface area contributed by atoms with E-state index in [9.17, 15) is 9.50 Å². The largest absolute Gasteiger partial charge is 0.496 e. The maximum Gasteiger partial charge on any atom is 0.132 e. The Kier molecular flexibility index (Phi) is 5.73. The summed E-state index contributed by atoms with van der Waals surface area (Å²) in [5, 5.41) is 14.4. The third kappa shape index (κ3) is 4.27. The highest BCUT2D eigenvalue weighted by molar-refractivity contribution is 7.07. The molecule has 0 spiro atoms. The lowest BCUT2D eigenvalue weighted by Gasteiger charge is -2.20. The number of aliphatic hydroxyl groups is 1. The highest BCUT2D eigenvalue weighted by Crippen LogP contribution is 2.29. The topological polar surface area (TPSA) is 32.7 Å². The van der Waals surface area contributed by atoms with E-state index in [0.717, 1.165) is 6.54 Å². The van der Waals surface area contributed by atoms with E-state index in [0.29, 0.717) is 18.7 Å². The molecule has 2 aromatic rings. The van der Waals surface area contributed by atoms with Crippen LogP contribution in [0.15, 0.2) is 35.0 Å². The second kappa shape index (κ2) is 7.54. The van der Waals surface area contributed by atoms with Crippen LogP contribution in [-0.4, -0.2) is 30.7 Å². The predicted octanol–water partition coefficient (Wildman–Crippen LogP) is 3.45. The van der Waals surface area contributed by atoms with Crippen molar-refractivity contribution in [2.45, 2.75) is 19.1 Å². The number of methoxy groups -OCH3 is 1. The van der Waals surface area contributed by atoms with E-state index in [1.165, 1.54) is 18.7 Å². The quantitative estimate of drug-likeness (QED) is 0.850. The van der Waals surface area contributed by atoms with Crippen molar-refractivity contribution in [3.63, 3.8) is 0 Å². The molecule has 1 N–H and O–H groups in total. The van der Waals surface area contributed by atoms with Gasteiger partial charge >= 0.3 is 0 Å².